The van der Waals surface area contributed by atoms with Gasteiger partial charge in [0.15, 0.2) is 0 Å². The van der Waals surface area contributed by atoms with E-state index in [4.69, 9.17) is 5.73 Å². The predicted octanol–water partition coefficient (Wildman–Crippen LogP) is 0.391. The highest BCUT2D eigenvalue weighted by atomic mass is 16.3. The number of aliphatic hydroxyl groups is 1. The summed E-state index contributed by atoms with van der Waals surface area (Å²) in [7, 11) is 0. The number of amides is 1. The van der Waals surface area contributed by atoms with Crippen LogP contribution in [-0.4, -0.2) is 29.2 Å². The van der Waals surface area contributed by atoms with Crippen molar-refractivity contribution in [2.75, 3.05) is 6.54 Å². The fourth-order valence-electron chi connectivity index (χ4n) is 1.28. The van der Waals surface area contributed by atoms with E-state index < -0.39 is 5.60 Å². The maximum absolute atomic E-state index is 11.2. The van der Waals surface area contributed by atoms with Crippen LogP contribution in [0.3, 0.4) is 0 Å². The van der Waals surface area contributed by atoms with Crippen LogP contribution in [0.2, 0.25) is 0 Å². The molecule has 0 aromatic heterocycles. The van der Waals surface area contributed by atoms with Crippen molar-refractivity contribution in [2.45, 2.75) is 51.7 Å². The van der Waals surface area contributed by atoms with Gasteiger partial charge in [-0.3, -0.25) is 4.79 Å². The van der Waals surface area contributed by atoms with Gasteiger partial charge in [-0.2, -0.15) is 0 Å². The monoisotopic (exact) mass is 202 g/mol. The first-order valence-corrected chi connectivity index (χ1v) is 5.12. The lowest BCUT2D eigenvalue weighted by Gasteiger charge is -2.23. The highest BCUT2D eigenvalue weighted by Gasteiger charge is 2.19. The molecule has 0 saturated heterocycles. The second-order valence-corrected chi connectivity index (χ2v) is 4.21. The van der Waals surface area contributed by atoms with Gasteiger partial charge in [-0.1, -0.05) is 13.3 Å². The van der Waals surface area contributed by atoms with Crippen molar-refractivity contribution in [2.24, 2.45) is 5.73 Å². The van der Waals surface area contributed by atoms with Gasteiger partial charge in [-0.15, -0.1) is 0 Å². The van der Waals surface area contributed by atoms with E-state index in [1.165, 1.54) is 0 Å². The van der Waals surface area contributed by atoms with Crippen LogP contribution in [0, 0.1) is 0 Å². The third kappa shape index (κ3) is 6.86. The third-order valence-electron chi connectivity index (χ3n) is 1.96. The number of nitrogens with two attached hydrogens (primary N) is 1. The van der Waals surface area contributed by atoms with Gasteiger partial charge in [0.2, 0.25) is 5.91 Å². The zero-order valence-corrected chi connectivity index (χ0v) is 9.34. The molecule has 0 aromatic rings. The van der Waals surface area contributed by atoms with E-state index in [2.05, 4.69) is 5.32 Å². The molecule has 0 bridgehead atoms. The van der Waals surface area contributed by atoms with Crippen LogP contribution >= 0.6 is 0 Å². The number of nitrogens with one attached hydrogen (secondary N) is 1. The molecule has 0 saturated carbocycles. The van der Waals surface area contributed by atoms with Crippen molar-refractivity contribution < 1.29 is 9.90 Å². The molecule has 0 fully saturated rings. The number of carbonyl (C=O) groups is 1. The van der Waals surface area contributed by atoms with Gasteiger partial charge in [0.05, 0.1) is 5.60 Å². The first kappa shape index (κ1) is 13.4. The van der Waals surface area contributed by atoms with E-state index >= 15 is 0 Å². The number of hydrogen-bond acceptors (Lipinski definition) is 3. The Morgan fingerprint density at radius 3 is 2.64 bits per heavy atom. The van der Waals surface area contributed by atoms with Gasteiger partial charge in [0.25, 0.3) is 0 Å². The Labute approximate surface area is 85.9 Å². The fraction of sp³-hybridized carbons (Fsp3) is 0.900. The molecule has 2 unspecified atom stereocenters. The molecule has 2 atom stereocenters. The molecule has 0 radical (unpaired) electrons. The van der Waals surface area contributed by atoms with Crippen molar-refractivity contribution in [1.82, 2.24) is 5.32 Å². The SMILES string of the molecule is CCCC(C)(O)CNC(=O)CC(C)N. The van der Waals surface area contributed by atoms with E-state index in [1.54, 1.807) is 13.8 Å². The molecule has 84 valence electrons. The Balaban J connectivity index is 3.75. The summed E-state index contributed by atoms with van der Waals surface area (Å²) in [4.78, 5) is 11.2. The van der Waals surface area contributed by atoms with Crippen LogP contribution in [0.4, 0.5) is 0 Å². The fourth-order valence-corrected chi connectivity index (χ4v) is 1.28. The minimum Gasteiger partial charge on any atom is -0.388 e. The number of rotatable bonds is 6. The lowest BCUT2D eigenvalue weighted by atomic mass is 10.0. The quantitative estimate of drug-likeness (QED) is 0.583. The lowest BCUT2D eigenvalue weighted by molar-refractivity contribution is -0.122. The van der Waals surface area contributed by atoms with Crippen LogP contribution in [-0.2, 0) is 4.79 Å². The van der Waals surface area contributed by atoms with Crippen LogP contribution in [0.5, 0.6) is 0 Å². The summed E-state index contributed by atoms with van der Waals surface area (Å²) in [5.74, 6) is -0.101. The Morgan fingerprint density at radius 2 is 2.21 bits per heavy atom. The van der Waals surface area contributed by atoms with Crippen molar-refractivity contribution >= 4 is 5.91 Å². The molecule has 0 spiro atoms. The van der Waals surface area contributed by atoms with E-state index in [1.807, 2.05) is 6.92 Å². The van der Waals surface area contributed by atoms with Gasteiger partial charge in [-0.05, 0) is 20.3 Å². The smallest absolute Gasteiger partial charge is 0.221 e. The molecule has 4 N–H and O–H groups in total. The first-order chi connectivity index (χ1) is 6.37. The topological polar surface area (TPSA) is 75.3 Å². The summed E-state index contributed by atoms with van der Waals surface area (Å²) in [6, 6.07) is -0.133. The summed E-state index contributed by atoms with van der Waals surface area (Å²) in [6.07, 6.45) is 1.89. The molecule has 0 aromatic carbocycles. The largest absolute Gasteiger partial charge is 0.388 e. The molecule has 0 aliphatic carbocycles. The third-order valence-corrected chi connectivity index (χ3v) is 1.96. The second-order valence-electron chi connectivity index (χ2n) is 4.21. The minimum atomic E-state index is -0.803. The maximum Gasteiger partial charge on any atom is 0.221 e. The normalized spacial score (nSPS) is 17.2. The molecule has 0 aliphatic rings. The molecule has 4 nitrogen and oxygen atoms in total. The van der Waals surface area contributed by atoms with Crippen molar-refractivity contribution in [3.05, 3.63) is 0 Å². The van der Waals surface area contributed by atoms with Crippen molar-refractivity contribution in [3.63, 3.8) is 0 Å². The minimum absolute atomic E-state index is 0.101. The maximum atomic E-state index is 11.2. The Hall–Kier alpha value is -0.610. The Morgan fingerprint density at radius 1 is 1.64 bits per heavy atom. The van der Waals surface area contributed by atoms with Crippen LogP contribution in [0.15, 0.2) is 0 Å². The highest BCUT2D eigenvalue weighted by Crippen LogP contribution is 2.09. The molecule has 0 aliphatic heterocycles. The molecule has 0 rings (SSSR count). The molecule has 0 heterocycles. The van der Waals surface area contributed by atoms with Gasteiger partial charge < -0.3 is 16.2 Å². The van der Waals surface area contributed by atoms with Gasteiger partial charge in [0.1, 0.15) is 0 Å². The van der Waals surface area contributed by atoms with E-state index in [0.29, 0.717) is 19.4 Å². The predicted molar refractivity (Wildman–Crippen MR) is 56.8 cm³/mol. The second kappa shape index (κ2) is 5.98. The van der Waals surface area contributed by atoms with Crippen LogP contribution in [0.25, 0.3) is 0 Å². The summed E-state index contributed by atoms with van der Waals surface area (Å²) in [5, 5.41) is 12.4. The Kier molecular flexibility index (Phi) is 5.72. The molecule has 4 heteroatoms. The van der Waals surface area contributed by atoms with Crippen molar-refractivity contribution in [3.8, 4) is 0 Å². The summed E-state index contributed by atoms with van der Waals surface area (Å²) < 4.78 is 0. The number of hydrogen-bond donors (Lipinski definition) is 3. The van der Waals surface area contributed by atoms with Crippen LogP contribution < -0.4 is 11.1 Å². The lowest BCUT2D eigenvalue weighted by Crippen LogP contribution is -2.41. The average Bonchev–Trinajstić information content (AvgIpc) is 2.00. The number of carbonyl (C=O) groups excluding carboxylic acids is 1. The standard InChI is InChI=1S/C10H22N2O2/c1-4-5-10(3,14)7-12-9(13)6-8(2)11/h8,14H,4-7,11H2,1-3H3,(H,12,13). The molecule has 1 amide bonds. The summed E-state index contributed by atoms with van der Waals surface area (Å²) in [5.41, 5.74) is 4.66. The molecular weight excluding hydrogens is 180 g/mol. The van der Waals surface area contributed by atoms with Crippen LogP contribution in [0.1, 0.15) is 40.0 Å². The van der Waals surface area contributed by atoms with Gasteiger partial charge in [-0.25, -0.2) is 0 Å². The molecular formula is C10H22N2O2. The first-order valence-electron chi connectivity index (χ1n) is 5.12. The van der Waals surface area contributed by atoms with Crippen molar-refractivity contribution in [1.29, 1.82) is 0 Å². The summed E-state index contributed by atoms with van der Waals surface area (Å²) >= 11 is 0. The zero-order chi connectivity index (χ0) is 11.2. The van der Waals surface area contributed by atoms with E-state index in [-0.39, 0.29) is 11.9 Å². The molecule has 14 heavy (non-hydrogen) atoms. The van der Waals surface area contributed by atoms with Gasteiger partial charge in [0, 0.05) is 19.0 Å². The Bertz CT molecular complexity index is 179. The zero-order valence-electron chi connectivity index (χ0n) is 9.34. The van der Waals surface area contributed by atoms with E-state index in [9.17, 15) is 9.90 Å². The van der Waals surface area contributed by atoms with Gasteiger partial charge >= 0.3 is 0 Å². The summed E-state index contributed by atoms with van der Waals surface area (Å²) in [6.45, 7) is 5.80. The van der Waals surface area contributed by atoms with E-state index in [0.717, 1.165) is 6.42 Å². The average molecular weight is 202 g/mol. The highest BCUT2D eigenvalue weighted by molar-refractivity contribution is 5.76.